The van der Waals surface area contributed by atoms with Crippen LogP contribution in [0.15, 0.2) is 0 Å². The van der Waals surface area contributed by atoms with Gasteiger partial charge in [0.25, 0.3) is 0 Å². The lowest BCUT2D eigenvalue weighted by Gasteiger charge is -2.41. The van der Waals surface area contributed by atoms with Gasteiger partial charge in [-0.15, -0.1) is 0 Å². The maximum absolute atomic E-state index is 13.4. The van der Waals surface area contributed by atoms with E-state index in [1.165, 1.54) is 4.90 Å². The highest BCUT2D eigenvalue weighted by atomic mass is 16.2. The van der Waals surface area contributed by atoms with E-state index in [9.17, 15) is 24.0 Å². The Morgan fingerprint density at radius 3 is 2.26 bits per heavy atom. The predicted octanol–water partition coefficient (Wildman–Crippen LogP) is -2.12. The normalized spacial score (nSPS) is 23.6. The molecule has 2 aliphatic rings. The zero-order valence-corrected chi connectivity index (χ0v) is 22.9. The number of piperazine rings is 2. The molecule has 0 bridgehead atoms. The van der Waals surface area contributed by atoms with Gasteiger partial charge in [0.1, 0.15) is 18.1 Å². The van der Waals surface area contributed by atoms with Gasteiger partial charge in [0.2, 0.25) is 23.6 Å². The topological polar surface area (TPSA) is 230 Å². The average Bonchev–Trinajstić information content (AvgIpc) is 2.88. The zero-order valence-electron chi connectivity index (χ0n) is 22.9. The highest BCUT2D eigenvalue weighted by Crippen LogP contribution is 2.19. The predicted molar refractivity (Wildman–Crippen MR) is 145 cm³/mol. The fourth-order valence-electron chi connectivity index (χ4n) is 4.98. The summed E-state index contributed by atoms with van der Waals surface area (Å²) < 4.78 is 0. The van der Waals surface area contributed by atoms with Crippen LogP contribution in [0, 0.1) is 5.41 Å². The second-order valence-electron chi connectivity index (χ2n) is 10.2. The van der Waals surface area contributed by atoms with Crippen LogP contribution >= 0.6 is 0 Å². The number of nitrogens with two attached hydrogens (primary N) is 3. The molecule has 2 fully saturated rings. The van der Waals surface area contributed by atoms with Crippen LogP contribution in [-0.2, 0) is 24.0 Å². The number of hydrogen-bond donors (Lipinski definition) is 7. The van der Waals surface area contributed by atoms with Gasteiger partial charge in [0, 0.05) is 26.1 Å². The van der Waals surface area contributed by atoms with Crippen molar-refractivity contribution in [3.8, 4) is 0 Å². The van der Waals surface area contributed by atoms with Crippen LogP contribution < -0.4 is 33.2 Å². The number of carbonyl (C=O) groups is 5. The molecule has 10 N–H and O–H groups in total. The third kappa shape index (κ3) is 9.77. The molecule has 14 heteroatoms. The lowest BCUT2D eigenvalue weighted by molar-refractivity contribution is -0.148. The van der Waals surface area contributed by atoms with Gasteiger partial charge in [-0.05, 0) is 38.6 Å². The molecular weight excluding hydrogens is 506 g/mol. The van der Waals surface area contributed by atoms with E-state index < -0.39 is 36.0 Å². The number of ketones is 1. The van der Waals surface area contributed by atoms with Crippen LogP contribution in [0.4, 0.5) is 0 Å². The van der Waals surface area contributed by atoms with Crippen LogP contribution in [0.2, 0.25) is 0 Å². The van der Waals surface area contributed by atoms with Gasteiger partial charge >= 0.3 is 0 Å². The van der Waals surface area contributed by atoms with E-state index >= 15 is 0 Å². The molecule has 14 nitrogen and oxygen atoms in total. The van der Waals surface area contributed by atoms with E-state index in [0.29, 0.717) is 38.8 Å². The first-order valence-electron chi connectivity index (χ1n) is 13.8. The van der Waals surface area contributed by atoms with Gasteiger partial charge in [-0.25, -0.2) is 0 Å². The minimum Gasteiger partial charge on any atom is -0.370 e. The van der Waals surface area contributed by atoms with Gasteiger partial charge in [0.15, 0.2) is 11.7 Å². The van der Waals surface area contributed by atoms with E-state index in [1.807, 2.05) is 6.92 Å². The molecule has 0 radical (unpaired) electrons. The summed E-state index contributed by atoms with van der Waals surface area (Å²) in [6.07, 6.45) is 5.54. The van der Waals surface area contributed by atoms with Gasteiger partial charge in [-0.2, -0.15) is 0 Å². The summed E-state index contributed by atoms with van der Waals surface area (Å²) >= 11 is 0. The molecule has 0 spiro atoms. The number of rotatable bonds is 16. The molecule has 0 aliphatic carbocycles. The number of primary amides is 1. The van der Waals surface area contributed by atoms with Crippen molar-refractivity contribution in [3.63, 3.8) is 0 Å². The quantitative estimate of drug-likeness (QED) is 0.0630. The average molecular weight is 552 g/mol. The molecule has 2 aliphatic heterocycles. The number of Topliss-reactive ketones (excluding diaryl/α,β-unsaturated/α-hetero) is 1. The Kier molecular flexibility index (Phi) is 13.1. The van der Waals surface area contributed by atoms with Crippen LogP contribution in [-0.4, -0.2) is 102 Å². The summed E-state index contributed by atoms with van der Waals surface area (Å²) in [6, 6.07) is -3.23. The highest BCUT2D eigenvalue weighted by molar-refractivity contribution is 5.97. The summed E-state index contributed by atoms with van der Waals surface area (Å²) in [5.74, 6) is -2.21. The van der Waals surface area contributed by atoms with Gasteiger partial charge < -0.3 is 38.1 Å². The van der Waals surface area contributed by atoms with Crippen molar-refractivity contribution >= 4 is 35.4 Å². The van der Waals surface area contributed by atoms with Crippen molar-refractivity contribution in [1.82, 2.24) is 25.8 Å². The number of guanidine groups is 1. The Hall–Kier alpha value is -3.26. The molecule has 0 aromatic carbocycles. The smallest absolute Gasteiger partial charge is 0.243 e. The fourth-order valence-corrected chi connectivity index (χ4v) is 4.98. The molecule has 220 valence electrons. The van der Waals surface area contributed by atoms with Crippen molar-refractivity contribution in [3.05, 3.63) is 0 Å². The molecular formula is C25H45N9O5. The Morgan fingerprint density at radius 1 is 0.949 bits per heavy atom. The van der Waals surface area contributed by atoms with Crippen molar-refractivity contribution in [1.29, 1.82) is 5.41 Å². The summed E-state index contributed by atoms with van der Waals surface area (Å²) in [5.41, 5.74) is 16.3. The van der Waals surface area contributed by atoms with Crippen molar-refractivity contribution < 1.29 is 24.0 Å². The van der Waals surface area contributed by atoms with E-state index in [1.54, 1.807) is 4.90 Å². The summed E-state index contributed by atoms with van der Waals surface area (Å²) in [4.78, 5) is 67.3. The molecule has 2 heterocycles. The number of nitrogens with zero attached hydrogens (tertiary/aromatic N) is 2. The molecule has 0 aromatic heterocycles. The number of hydrogen-bond acceptors (Lipinski definition) is 8. The number of carbonyl (C=O) groups excluding carboxylic acids is 5. The van der Waals surface area contributed by atoms with Gasteiger partial charge in [-0.1, -0.05) is 26.2 Å². The maximum Gasteiger partial charge on any atom is 0.243 e. The second-order valence-corrected chi connectivity index (χ2v) is 10.2. The first kappa shape index (κ1) is 32.0. The van der Waals surface area contributed by atoms with Crippen LogP contribution in [0.25, 0.3) is 0 Å². The third-order valence-electron chi connectivity index (χ3n) is 7.16. The minimum atomic E-state index is -0.956. The van der Waals surface area contributed by atoms with Crippen molar-refractivity contribution in [2.75, 3.05) is 32.7 Å². The Bertz CT molecular complexity index is 899. The van der Waals surface area contributed by atoms with E-state index in [2.05, 4.69) is 16.0 Å². The zero-order chi connectivity index (χ0) is 28.9. The molecule has 39 heavy (non-hydrogen) atoms. The highest BCUT2D eigenvalue weighted by Gasteiger charge is 2.42. The van der Waals surface area contributed by atoms with Crippen LogP contribution in [0.1, 0.15) is 64.7 Å². The second kappa shape index (κ2) is 16.0. The lowest BCUT2D eigenvalue weighted by atomic mass is 9.98. The molecule has 0 unspecified atom stereocenters. The summed E-state index contributed by atoms with van der Waals surface area (Å²) in [6.45, 7) is 2.82. The van der Waals surface area contributed by atoms with Gasteiger partial charge in [-0.3, -0.25) is 34.3 Å². The number of amides is 4. The van der Waals surface area contributed by atoms with Crippen molar-refractivity contribution in [2.45, 2.75) is 88.9 Å². The van der Waals surface area contributed by atoms with E-state index in [0.717, 1.165) is 25.7 Å². The molecule has 4 amide bonds. The molecule has 2 saturated heterocycles. The van der Waals surface area contributed by atoms with E-state index in [4.69, 9.17) is 22.6 Å². The monoisotopic (exact) mass is 551 g/mol. The first-order valence-corrected chi connectivity index (χ1v) is 13.8. The van der Waals surface area contributed by atoms with Crippen LogP contribution in [0.3, 0.4) is 0 Å². The van der Waals surface area contributed by atoms with Crippen LogP contribution in [0.5, 0.6) is 0 Å². The lowest BCUT2D eigenvalue weighted by Crippen LogP contribution is -2.67. The third-order valence-corrected chi connectivity index (χ3v) is 7.16. The molecule has 0 saturated carbocycles. The minimum absolute atomic E-state index is 0.0429. The largest absolute Gasteiger partial charge is 0.370 e. The Labute approximate surface area is 229 Å². The number of nitrogens with one attached hydrogen (secondary N) is 4. The standard InChI is InChI=1S/C25H45N9O5/c1-2-3-8-19-24(39)31-16(14-34(19)21(36)10-5-4-6-11-26)20(35)15-33-13-17(22(27)37)32-23(38)18(33)9-7-12-30-25(28)29/h16-19H,2-15,26H2,1H3,(H2,27,37)(H,31,39)(H,32,38)(H4,28,29,30)/t16-,17-,18+,19+/m1/s1. The first-order chi connectivity index (χ1) is 18.6. The SMILES string of the molecule is CCCC[C@H]1C(=O)N[C@@H](C(=O)CN2C[C@H](C(N)=O)NC(=O)[C@@H]2CCCNC(=N)N)CN1C(=O)CCCCCN. The number of unbranched alkanes of at least 4 members (excludes halogenated alkanes) is 3. The maximum atomic E-state index is 13.4. The van der Waals surface area contributed by atoms with E-state index in [-0.39, 0.29) is 49.6 Å². The molecule has 4 atom stereocenters. The van der Waals surface area contributed by atoms with Gasteiger partial charge in [0.05, 0.1) is 12.6 Å². The Balaban J connectivity index is 2.13. The molecule has 0 aromatic rings. The Morgan fingerprint density at radius 2 is 1.62 bits per heavy atom. The fraction of sp³-hybridized carbons (Fsp3) is 0.760. The molecule has 2 rings (SSSR count). The summed E-state index contributed by atoms with van der Waals surface area (Å²) in [5, 5.41) is 15.3. The van der Waals surface area contributed by atoms with Crippen molar-refractivity contribution in [2.24, 2.45) is 17.2 Å². The summed E-state index contributed by atoms with van der Waals surface area (Å²) in [7, 11) is 0.